The van der Waals surface area contributed by atoms with Crippen molar-refractivity contribution < 1.29 is 13.2 Å². The van der Waals surface area contributed by atoms with Gasteiger partial charge in [-0.25, -0.2) is 0 Å². The number of hydrogen-bond donors (Lipinski definition) is 1. The van der Waals surface area contributed by atoms with Crippen LogP contribution in [0.5, 0.6) is 0 Å². The molecule has 25 heavy (non-hydrogen) atoms. The molecule has 4 heteroatoms. The average molecular weight is 341 g/mol. The smallest absolute Gasteiger partial charge is 0.378 e. The average Bonchev–Trinajstić information content (AvgIpc) is 2.60. The zero-order chi connectivity index (χ0) is 17.9. The monoisotopic (exact) mass is 341 g/mol. The predicted octanol–water partition coefficient (Wildman–Crippen LogP) is 6.59. The van der Waals surface area contributed by atoms with Gasteiger partial charge in [-0.3, -0.25) is 0 Å². The number of alkyl halides is 3. The van der Waals surface area contributed by atoms with E-state index in [1.54, 1.807) is 12.1 Å². The minimum Gasteiger partial charge on any atom is -0.378 e. The van der Waals surface area contributed by atoms with Crippen molar-refractivity contribution in [2.24, 2.45) is 0 Å². The molecule has 0 bridgehead atoms. The maximum absolute atomic E-state index is 12.9. The molecule has 3 aromatic rings. The second-order valence-corrected chi connectivity index (χ2v) is 5.87. The molecule has 0 radical (unpaired) electrons. The van der Waals surface area contributed by atoms with Crippen molar-refractivity contribution in [2.75, 3.05) is 5.32 Å². The summed E-state index contributed by atoms with van der Waals surface area (Å²) in [5.41, 5.74) is 0.817. The summed E-state index contributed by atoms with van der Waals surface area (Å²) in [5.74, 6) is 0. The van der Waals surface area contributed by atoms with Crippen LogP contribution in [0.15, 0.2) is 79.4 Å². The highest BCUT2D eigenvalue weighted by Crippen LogP contribution is 2.33. The van der Waals surface area contributed by atoms with Crippen LogP contribution in [0.2, 0.25) is 0 Å². The molecule has 3 rings (SSSR count). The molecule has 0 amide bonds. The van der Waals surface area contributed by atoms with Gasteiger partial charge in [-0.1, -0.05) is 54.6 Å². The summed E-state index contributed by atoms with van der Waals surface area (Å²) in [6.45, 7) is 3.78. The quantitative estimate of drug-likeness (QED) is 0.516. The number of hydrogen-bond acceptors (Lipinski definition) is 1. The van der Waals surface area contributed by atoms with E-state index < -0.39 is 11.7 Å². The molecule has 0 aromatic heterocycles. The van der Waals surface area contributed by atoms with E-state index >= 15 is 0 Å². The first-order chi connectivity index (χ1) is 12.0. The third-order valence-electron chi connectivity index (χ3n) is 4.13. The van der Waals surface area contributed by atoms with E-state index in [1.165, 1.54) is 6.07 Å². The number of nitrogens with one attached hydrogen (secondary N) is 1. The topological polar surface area (TPSA) is 12.0 Å². The van der Waals surface area contributed by atoms with E-state index in [4.69, 9.17) is 0 Å². The van der Waals surface area contributed by atoms with Gasteiger partial charge in [-0.2, -0.15) is 13.2 Å². The molecule has 1 atom stereocenters. The Hall–Kier alpha value is -2.75. The summed E-state index contributed by atoms with van der Waals surface area (Å²) < 4.78 is 38.8. The lowest BCUT2D eigenvalue weighted by Gasteiger charge is -2.21. The fraction of sp³-hybridized carbons (Fsp3) is 0.143. The second kappa shape index (κ2) is 7.01. The Labute approximate surface area is 144 Å². The predicted molar refractivity (Wildman–Crippen MR) is 96.6 cm³/mol. The van der Waals surface area contributed by atoms with Gasteiger partial charge in [0.2, 0.25) is 0 Å². The maximum Gasteiger partial charge on any atom is 0.416 e. The number of anilines is 1. The van der Waals surface area contributed by atoms with Crippen LogP contribution in [-0.4, -0.2) is 0 Å². The summed E-state index contributed by atoms with van der Waals surface area (Å²) in [4.78, 5) is 0. The molecular formula is C21H18F3N. The number of halogens is 3. The Morgan fingerprint density at radius 3 is 2.44 bits per heavy atom. The summed E-state index contributed by atoms with van der Waals surface area (Å²) in [5, 5.41) is 5.41. The zero-order valence-electron chi connectivity index (χ0n) is 13.6. The highest BCUT2D eigenvalue weighted by Gasteiger charge is 2.30. The Kier molecular flexibility index (Phi) is 4.79. The largest absolute Gasteiger partial charge is 0.416 e. The fourth-order valence-electron chi connectivity index (χ4n) is 2.97. The lowest BCUT2D eigenvalue weighted by atomic mass is 9.96. The first-order valence-electron chi connectivity index (χ1n) is 8.01. The van der Waals surface area contributed by atoms with Crippen LogP contribution in [0, 0.1) is 0 Å². The van der Waals surface area contributed by atoms with Crippen molar-refractivity contribution in [1.29, 1.82) is 0 Å². The molecule has 3 aromatic carbocycles. The molecular weight excluding hydrogens is 323 g/mol. The van der Waals surface area contributed by atoms with E-state index in [2.05, 4.69) is 11.9 Å². The van der Waals surface area contributed by atoms with E-state index in [9.17, 15) is 13.2 Å². The molecule has 0 aliphatic heterocycles. The van der Waals surface area contributed by atoms with E-state index in [-0.39, 0.29) is 6.04 Å². The number of benzene rings is 3. The van der Waals surface area contributed by atoms with Gasteiger partial charge in [0.15, 0.2) is 0 Å². The highest BCUT2D eigenvalue weighted by molar-refractivity contribution is 5.86. The van der Waals surface area contributed by atoms with Gasteiger partial charge >= 0.3 is 6.18 Å². The Morgan fingerprint density at radius 1 is 0.960 bits per heavy atom. The van der Waals surface area contributed by atoms with Gasteiger partial charge in [-0.15, -0.1) is 6.58 Å². The van der Waals surface area contributed by atoms with Crippen molar-refractivity contribution >= 4 is 16.5 Å². The van der Waals surface area contributed by atoms with Gasteiger partial charge in [0.1, 0.15) is 0 Å². The van der Waals surface area contributed by atoms with Crippen LogP contribution in [0.4, 0.5) is 18.9 Å². The van der Waals surface area contributed by atoms with Crippen LogP contribution < -0.4 is 5.32 Å². The van der Waals surface area contributed by atoms with Gasteiger partial charge in [-0.05, 0) is 41.0 Å². The Balaban J connectivity index is 1.98. The van der Waals surface area contributed by atoms with Crippen molar-refractivity contribution in [3.8, 4) is 0 Å². The number of rotatable bonds is 5. The van der Waals surface area contributed by atoms with Crippen molar-refractivity contribution in [2.45, 2.75) is 18.6 Å². The van der Waals surface area contributed by atoms with Crippen molar-refractivity contribution in [3.05, 3.63) is 90.5 Å². The van der Waals surface area contributed by atoms with E-state index in [1.807, 2.05) is 42.5 Å². The molecule has 128 valence electrons. The normalized spacial score (nSPS) is 12.8. The summed E-state index contributed by atoms with van der Waals surface area (Å²) in [6, 6.07) is 19.1. The van der Waals surface area contributed by atoms with Crippen molar-refractivity contribution in [3.63, 3.8) is 0 Å². The minimum atomic E-state index is -4.36. The molecule has 1 unspecified atom stereocenters. The van der Waals surface area contributed by atoms with Gasteiger partial charge in [0, 0.05) is 5.69 Å². The van der Waals surface area contributed by atoms with Crippen LogP contribution >= 0.6 is 0 Å². The molecule has 0 saturated heterocycles. The fourth-order valence-corrected chi connectivity index (χ4v) is 2.97. The van der Waals surface area contributed by atoms with Crippen LogP contribution in [0.25, 0.3) is 10.8 Å². The van der Waals surface area contributed by atoms with Crippen molar-refractivity contribution in [1.82, 2.24) is 0 Å². The third-order valence-corrected chi connectivity index (χ3v) is 4.13. The molecule has 0 fully saturated rings. The molecule has 1 N–H and O–H groups in total. The lowest BCUT2D eigenvalue weighted by Crippen LogP contribution is -2.12. The minimum absolute atomic E-state index is 0.160. The third kappa shape index (κ3) is 3.85. The summed E-state index contributed by atoms with van der Waals surface area (Å²) >= 11 is 0. The van der Waals surface area contributed by atoms with Gasteiger partial charge in [0.05, 0.1) is 11.6 Å². The second-order valence-electron chi connectivity index (χ2n) is 5.87. The van der Waals surface area contributed by atoms with Gasteiger partial charge < -0.3 is 5.32 Å². The number of fused-ring (bicyclic) bond motifs is 1. The molecule has 0 saturated carbocycles. The Bertz CT molecular complexity index is 878. The van der Waals surface area contributed by atoms with E-state index in [0.29, 0.717) is 12.1 Å². The Morgan fingerprint density at radius 2 is 1.68 bits per heavy atom. The molecule has 0 aliphatic rings. The van der Waals surface area contributed by atoms with Crippen LogP contribution in [0.1, 0.15) is 23.6 Å². The first kappa shape index (κ1) is 17.1. The first-order valence-corrected chi connectivity index (χ1v) is 8.01. The highest BCUT2D eigenvalue weighted by atomic mass is 19.4. The summed E-state index contributed by atoms with van der Waals surface area (Å²) in [6.07, 6.45) is -1.98. The maximum atomic E-state index is 12.9. The van der Waals surface area contributed by atoms with E-state index in [0.717, 1.165) is 28.5 Å². The zero-order valence-corrected chi connectivity index (χ0v) is 13.6. The van der Waals surface area contributed by atoms with Crippen LogP contribution in [0.3, 0.4) is 0 Å². The molecule has 1 nitrogen and oxygen atoms in total. The lowest BCUT2D eigenvalue weighted by molar-refractivity contribution is -0.137. The SMILES string of the molecule is C=CCC(Nc1cccc(C(F)(F)F)c1)c1cccc2ccccc12. The van der Waals surface area contributed by atoms with Gasteiger partial charge in [0.25, 0.3) is 0 Å². The summed E-state index contributed by atoms with van der Waals surface area (Å²) in [7, 11) is 0. The molecule has 0 spiro atoms. The standard InChI is InChI=1S/C21H18F3N/c1-2-7-20(19-13-5-9-15-8-3-4-12-18(15)19)25-17-11-6-10-16(14-17)21(22,23)24/h2-6,8-14,20,25H,1,7H2. The molecule has 0 heterocycles. The molecule has 0 aliphatic carbocycles. The van der Waals surface area contributed by atoms with Crippen LogP contribution in [-0.2, 0) is 6.18 Å².